The van der Waals surface area contributed by atoms with Crippen LogP contribution in [0, 0.1) is 5.82 Å². The number of aromatic nitrogens is 2. The Bertz CT molecular complexity index is 829. The molecule has 0 aliphatic heterocycles. The lowest BCUT2D eigenvalue weighted by atomic mass is 10.0. The molecule has 0 fully saturated rings. The van der Waals surface area contributed by atoms with Crippen LogP contribution in [0.25, 0.3) is 0 Å². The van der Waals surface area contributed by atoms with Crippen molar-refractivity contribution in [3.63, 3.8) is 0 Å². The molecule has 3 aromatic rings. The van der Waals surface area contributed by atoms with Crippen molar-refractivity contribution in [1.29, 1.82) is 0 Å². The van der Waals surface area contributed by atoms with E-state index in [1.807, 2.05) is 41.9 Å². The van der Waals surface area contributed by atoms with Crippen LogP contribution in [0.4, 0.5) is 4.39 Å². The highest BCUT2D eigenvalue weighted by molar-refractivity contribution is 5.79. The first-order valence-corrected chi connectivity index (χ1v) is 7.69. The molecule has 0 unspecified atom stereocenters. The first kappa shape index (κ1) is 15.9. The lowest BCUT2D eigenvalue weighted by molar-refractivity contribution is -0.121. The van der Waals surface area contributed by atoms with Gasteiger partial charge in [-0.3, -0.25) is 4.79 Å². The van der Waals surface area contributed by atoms with Gasteiger partial charge >= 0.3 is 0 Å². The number of amides is 1. The van der Waals surface area contributed by atoms with E-state index in [4.69, 9.17) is 0 Å². The predicted octanol–water partition coefficient (Wildman–Crippen LogP) is 3.01. The van der Waals surface area contributed by atoms with Crippen molar-refractivity contribution in [2.45, 2.75) is 12.5 Å². The Morgan fingerprint density at radius 2 is 2.00 bits per heavy atom. The molecule has 0 spiro atoms. The molecule has 1 heterocycles. The second-order valence-electron chi connectivity index (χ2n) is 5.61. The fourth-order valence-corrected chi connectivity index (χ4v) is 2.63. The Morgan fingerprint density at radius 1 is 1.21 bits per heavy atom. The molecule has 1 aromatic heterocycles. The van der Waals surface area contributed by atoms with E-state index in [2.05, 4.69) is 10.3 Å². The molecule has 0 saturated carbocycles. The first-order valence-electron chi connectivity index (χ1n) is 7.69. The van der Waals surface area contributed by atoms with E-state index in [0.717, 1.165) is 5.56 Å². The number of carbonyl (C=O) groups excluding carboxylic acids is 1. The highest BCUT2D eigenvalue weighted by atomic mass is 19.1. The summed E-state index contributed by atoms with van der Waals surface area (Å²) in [4.78, 5) is 16.8. The standard InChI is InChI=1S/C19H18FN3O/c1-23-11-10-21-19(23)18(15-8-5-9-16(20)13-15)22-17(24)12-14-6-3-2-4-7-14/h2-11,13,18H,12H2,1H3,(H,22,24)/t18-/m0/s1. The number of imidazole rings is 1. The molecular weight excluding hydrogens is 305 g/mol. The summed E-state index contributed by atoms with van der Waals surface area (Å²) in [6.07, 6.45) is 3.72. The summed E-state index contributed by atoms with van der Waals surface area (Å²) < 4.78 is 15.4. The van der Waals surface area contributed by atoms with Gasteiger partial charge < -0.3 is 9.88 Å². The van der Waals surface area contributed by atoms with Gasteiger partial charge in [0.15, 0.2) is 0 Å². The molecule has 2 aromatic carbocycles. The third-order valence-corrected chi connectivity index (χ3v) is 3.81. The van der Waals surface area contributed by atoms with Crippen molar-refractivity contribution in [2.75, 3.05) is 0 Å². The van der Waals surface area contributed by atoms with Crippen LogP contribution >= 0.6 is 0 Å². The molecule has 24 heavy (non-hydrogen) atoms. The predicted molar refractivity (Wildman–Crippen MR) is 89.7 cm³/mol. The summed E-state index contributed by atoms with van der Waals surface area (Å²) >= 11 is 0. The van der Waals surface area contributed by atoms with Crippen LogP contribution in [0.5, 0.6) is 0 Å². The summed E-state index contributed by atoms with van der Waals surface area (Å²) in [7, 11) is 1.85. The van der Waals surface area contributed by atoms with Crippen molar-refractivity contribution < 1.29 is 9.18 Å². The molecule has 0 aliphatic rings. The maximum absolute atomic E-state index is 13.6. The number of halogens is 1. The van der Waals surface area contributed by atoms with Gasteiger partial charge in [0, 0.05) is 19.4 Å². The molecule has 3 rings (SSSR count). The van der Waals surface area contributed by atoms with E-state index in [0.29, 0.717) is 11.4 Å². The number of hydrogen-bond donors (Lipinski definition) is 1. The van der Waals surface area contributed by atoms with Crippen molar-refractivity contribution in [1.82, 2.24) is 14.9 Å². The van der Waals surface area contributed by atoms with Gasteiger partial charge in [-0.05, 0) is 23.3 Å². The number of benzene rings is 2. The highest BCUT2D eigenvalue weighted by Gasteiger charge is 2.21. The maximum Gasteiger partial charge on any atom is 0.225 e. The number of hydrogen-bond acceptors (Lipinski definition) is 2. The topological polar surface area (TPSA) is 46.9 Å². The minimum absolute atomic E-state index is 0.140. The van der Waals surface area contributed by atoms with Crippen LogP contribution in [-0.4, -0.2) is 15.5 Å². The molecule has 122 valence electrons. The van der Waals surface area contributed by atoms with Gasteiger partial charge in [-0.2, -0.15) is 0 Å². The third kappa shape index (κ3) is 3.68. The number of aryl methyl sites for hydroxylation is 1. The Hall–Kier alpha value is -2.95. The largest absolute Gasteiger partial charge is 0.342 e. The van der Waals surface area contributed by atoms with Crippen LogP contribution < -0.4 is 5.32 Å². The Balaban J connectivity index is 1.85. The molecule has 0 radical (unpaired) electrons. The number of carbonyl (C=O) groups is 1. The highest BCUT2D eigenvalue weighted by Crippen LogP contribution is 2.21. The molecular formula is C19H18FN3O. The number of rotatable bonds is 5. The van der Waals surface area contributed by atoms with Crippen LogP contribution in [0.2, 0.25) is 0 Å². The number of nitrogens with zero attached hydrogens (tertiary/aromatic N) is 2. The molecule has 1 N–H and O–H groups in total. The second kappa shape index (κ2) is 7.08. The molecule has 5 heteroatoms. The SMILES string of the molecule is Cn1ccnc1[C@@H](NC(=O)Cc1ccccc1)c1cccc(F)c1. The quantitative estimate of drug-likeness (QED) is 0.784. The average molecular weight is 323 g/mol. The summed E-state index contributed by atoms with van der Waals surface area (Å²) in [5, 5.41) is 2.96. The van der Waals surface area contributed by atoms with Gasteiger partial charge in [0.2, 0.25) is 5.91 Å². The van der Waals surface area contributed by atoms with E-state index < -0.39 is 6.04 Å². The second-order valence-corrected chi connectivity index (χ2v) is 5.61. The minimum atomic E-state index is -0.503. The zero-order chi connectivity index (χ0) is 16.9. The van der Waals surface area contributed by atoms with Crippen molar-refractivity contribution in [3.05, 3.63) is 89.8 Å². The van der Waals surface area contributed by atoms with E-state index >= 15 is 0 Å². The van der Waals surface area contributed by atoms with Gasteiger partial charge in [-0.1, -0.05) is 42.5 Å². The molecule has 1 atom stereocenters. The zero-order valence-electron chi connectivity index (χ0n) is 13.3. The van der Waals surface area contributed by atoms with Crippen molar-refractivity contribution >= 4 is 5.91 Å². The molecule has 4 nitrogen and oxygen atoms in total. The number of nitrogens with one attached hydrogen (secondary N) is 1. The van der Waals surface area contributed by atoms with E-state index in [1.165, 1.54) is 12.1 Å². The molecule has 1 amide bonds. The van der Waals surface area contributed by atoms with Crippen LogP contribution in [0.15, 0.2) is 67.0 Å². The fraction of sp³-hybridized carbons (Fsp3) is 0.158. The maximum atomic E-state index is 13.6. The first-order chi connectivity index (χ1) is 11.6. The van der Waals surface area contributed by atoms with Gasteiger partial charge in [-0.15, -0.1) is 0 Å². The summed E-state index contributed by atoms with van der Waals surface area (Å²) in [5.74, 6) is 0.171. The zero-order valence-corrected chi connectivity index (χ0v) is 13.3. The van der Waals surface area contributed by atoms with Gasteiger partial charge in [0.1, 0.15) is 17.7 Å². The van der Waals surface area contributed by atoms with E-state index in [-0.39, 0.29) is 18.1 Å². The van der Waals surface area contributed by atoms with Crippen LogP contribution in [0.3, 0.4) is 0 Å². The normalized spacial score (nSPS) is 11.9. The molecule has 0 aliphatic carbocycles. The summed E-state index contributed by atoms with van der Waals surface area (Å²) in [6, 6.07) is 15.2. The van der Waals surface area contributed by atoms with E-state index in [1.54, 1.807) is 24.5 Å². The van der Waals surface area contributed by atoms with Crippen LogP contribution in [-0.2, 0) is 18.3 Å². The van der Waals surface area contributed by atoms with Crippen molar-refractivity contribution in [3.8, 4) is 0 Å². The Labute approximate surface area is 140 Å². The summed E-state index contributed by atoms with van der Waals surface area (Å²) in [5.41, 5.74) is 1.58. The Morgan fingerprint density at radius 3 is 2.67 bits per heavy atom. The minimum Gasteiger partial charge on any atom is -0.342 e. The fourth-order valence-electron chi connectivity index (χ4n) is 2.63. The molecule has 0 saturated heterocycles. The Kier molecular flexibility index (Phi) is 4.70. The van der Waals surface area contributed by atoms with Gasteiger partial charge in [0.05, 0.1) is 6.42 Å². The van der Waals surface area contributed by atoms with E-state index in [9.17, 15) is 9.18 Å². The smallest absolute Gasteiger partial charge is 0.225 e. The monoisotopic (exact) mass is 323 g/mol. The van der Waals surface area contributed by atoms with Gasteiger partial charge in [0.25, 0.3) is 0 Å². The molecule has 0 bridgehead atoms. The third-order valence-electron chi connectivity index (χ3n) is 3.81. The van der Waals surface area contributed by atoms with Crippen molar-refractivity contribution in [2.24, 2.45) is 7.05 Å². The van der Waals surface area contributed by atoms with Gasteiger partial charge in [-0.25, -0.2) is 9.37 Å². The lowest BCUT2D eigenvalue weighted by Gasteiger charge is -2.19. The van der Waals surface area contributed by atoms with Crippen LogP contribution in [0.1, 0.15) is 23.0 Å². The lowest BCUT2D eigenvalue weighted by Crippen LogP contribution is -2.32. The summed E-state index contributed by atoms with van der Waals surface area (Å²) in [6.45, 7) is 0. The average Bonchev–Trinajstić information content (AvgIpc) is 2.99.